The summed E-state index contributed by atoms with van der Waals surface area (Å²) in [6.45, 7) is 2.07. The van der Waals surface area contributed by atoms with E-state index in [0.29, 0.717) is 11.4 Å². The third-order valence-corrected chi connectivity index (χ3v) is 6.74. The first-order chi connectivity index (χ1) is 13.6. The van der Waals surface area contributed by atoms with Crippen LogP contribution in [0.15, 0.2) is 89.8 Å². The monoisotopic (exact) mass is 392 g/mol. The van der Waals surface area contributed by atoms with Crippen molar-refractivity contribution in [3.63, 3.8) is 0 Å². The molecule has 4 nitrogen and oxygen atoms in total. The lowest BCUT2D eigenvalue weighted by atomic mass is 9.96. The van der Waals surface area contributed by atoms with E-state index in [0.717, 1.165) is 25.1 Å². The number of hydrogen-bond acceptors (Lipinski definition) is 3. The summed E-state index contributed by atoms with van der Waals surface area (Å²) in [6.07, 6.45) is 0.977. The molecule has 0 aromatic heterocycles. The molecule has 1 unspecified atom stereocenters. The number of benzene rings is 3. The van der Waals surface area contributed by atoms with Gasteiger partial charge < -0.3 is 0 Å². The van der Waals surface area contributed by atoms with E-state index in [9.17, 15) is 8.42 Å². The van der Waals surface area contributed by atoms with Crippen LogP contribution in [0.3, 0.4) is 0 Å². The zero-order valence-electron chi connectivity index (χ0n) is 15.7. The van der Waals surface area contributed by atoms with E-state index in [1.165, 1.54) is 11.1 Å². The predicted octanol–water partition coefficient (Wildman–Crippen LogP) is 3.76. The molecule has 0 amide bonds. The molecule has 0 saturated heterocycles. The lowest BCUT2D eigenvalue weighted by Crippen LogP contribution is -2.40. The normalized spacial score (nSPS) is 15.7. The second-order valence-corrected chi connectivity index (χ2v) is 8.85. The third-order valence-electron chi connectivity index (χ3n) is 5.31. The van der Waals surface area contributed by atoms with Crippen molar-refractivity contribution in [2.45, 2.75) is 23.9 Å². The van der Waals surface area contributed by atoms with Crippen LogP contribution in [0.2, 0.25) is 0 Å². The summed E-state index contributed by atoms with van der Waals surface area (Å²) < 4.78 is 28.3. The largest absolute Gasteiger partial charge is 0.290 e. The van der Waals surface area contributed by atoms with Gasteiger partial charge in [0.05, 0.1) is 4.90 Å². The van der Waals surface area contributed by atoms with Crippen LogP contribution in [0, 0.1) is 0 Å². The highest BCUT2D eigenvalue weighted by Gasteiger charge is 2.26. The number of nitrogens with one attached hydrogen (secondary N) is 1. The molecule has 3 aromatic rings. The van der Waals surface area contributed by atoms with Crippen molar-refractivity contribution in [2.75, 3.05) is 13.1 Å². The lowest BCUT2D eigenvalue weighted by Gasteiger charge is -2.36. The van der Waals surface area contributed by atoms with Gasteiger partial charge >= 0.3 is 0 Å². The van der Waals surface area contributed by atoms with Crippen molar-refractivity contribution in [1.82, 2.24) is 9.62 Å². The SMILES string of the molecule is O=S(=O)(NCC(c1ccccc1)N1CCc2ccccc2C1)c1ccccc1. The molecule has 1 heterocycles. The van der Waals surface area contributed by atoms with E-state index in [2.05, 4.69) is 46.0 Å². The molecule has 144 valence electrons. The van der Waals surface area contributed by atoms with Gasteiger partial charge in [0.25, 0.3) is 0 Å². The molecular weight excluding hydrogens is 368 g/mol. The van der Waals surface area contributed by atoms with Gasteiger partial charge in [0.2, 0.25) is 10.0 Å². The predicted molar refractivity (Wildman–Crippen MR) is 111 cm³/mol. The Morgan fingerprint density at radius 1 is 0.821 bits per heavy atom. The molecule has 0 aliphatic carbocycles. The lowest BCUT2D eigenvalue weighted by molar-refractivity contribution is 0.180. The summed E-state index contributed by atoms with van der Waals surface area (Å²) in [5.41, 5.74) is 3.83. The second kappa shape index (κ2) is 8.27. The standard InChI is InChI=1S/C23H24N2O2S/c26-28(27,22-13-5-2-6-14-22)24-17-23(20-10-3-1-4-11-20)25-16-15-19-9-7-8-12-21(19)18-25/h1-14,23-24H,15-18H2. The van der Waals surface area contributed by atoms with E-state index >= 15 is 0 Å². The molecule has 1 atom stereocenters. The fourth-order valence-electron chi connectivity index (χ4n) is 3.79. The first-order valence-electron chi connectivity index (χ1n) is 9.54. The highest BCUT2D eigenvalue weighted by Crippen LogP contribution is 2.28. The number of nitrogens with zero attached hydrogens (tertiary/aromatic N) is 1. The Hall–Kier alpha value is -2.47. The molecule has 0 spiro atoms. The van der Waals surface area contributed by atoms with Gasteiger partial charge in [-0.3, -0.25) is 4.90 Å². The number of hydrogen-bond donors (Lipinski definition) is 1. The molecule has 1 aliphatic heterocycles. The van der Waals surface area contributed by atoms with Crippen molar-refractivity contribution in [2.24, 2.45) is 0 Å². The van der Waals surface area contributed by atoms with E-state index in [-0.39, 0.29) is 6.04 Å². The van der Waals surface area contributed by atoms with Crippen molar-refractivity contribution in [1.29, 1.82) is 0 Å². The van der Waals surface area contributed by atoms with Crippen molar-refractivity contribution in [3.8, 4) is 0 Å². The number of sulfonamides is 1. The highest BCUT2D eigenvalue weighted by molar-refractivity contribution is 7.89. The summed E-state index contributed by atoms with van der Waals surface area (Å²) >= 11 is 0. The van der Waals surface area contributed by atoms with Crippen molar-refractivity contribution >= 4 is 10.0 Å². The fourth-order valence-corrected chi connectivity index (χ4v) is 4.85. The first-order valence-corrected chi connectivity index (χ1v) is 11.0. The van der Waals surface area contributed by atoms with Crippen LogP contribution in [0.4, 0.5) is 0 Å². The first kappa shape index (κ1) is 18.9. The molecule has 0 fully saturated rings. The molecular formula is C23H24N2O2S. The van der Waals surface area contributed by atoms with Crippen molar-refractivity contribution in [3.05, 3.63) is 102 Å². The topological polar surface area (TPSA) is 49.4 Å². The Kier molecular flexibility index (Phi) is 5.57. The van der Waals surface area contributed by atoms with Crippen LogP contribution >= 0.6 is 0 Å². The smallest absolute Gasteiger partial charge is 0.240 e. The summed E-state index contributed by atoms with van der Waals surface area (Å²) in [7, 11) is -3.54. The van der Waals surface area contributed by atoms with Gasteiger partial charge in [0.1, 0.15) is 0 Å². The number of fused-ring (bicyclic) bond motifs is 1. The van der Waals surface area contributed by atoms with Crippen LogP contribution in [0.25, 0.3) is 0 Å². The summed E-state index contributed by atoms with van der Waals surface area (Å²) in [4.78, 5) is 2.66. The average Bonchev–Trinajstić information content (AvgIpc) is 2.75. The minimum Gasteiger partial charge on any atom is -0.290 e. The van der Waals surface area contributed by atoms with Crippen LogP contribution in [-0.4, -0.2) is 26.4 Å². The fraction of sp³-hybridized carbons (Fsp3) is 0.217. The maximum atomic E-state index is 12.7. The third kappa shape index (κ3) is 4.17. The molecule has 0 radical (unpaired) electrons. The molecule has 28 heavy (non-hydrogen) atoms. The minimum absolute atomic E-state index is 0.0203. The molecule has 0 saturated carbocycles. The summed E-state index contributed by atoms with van der Waals surface area (Å²) in [5, 5.41) is 0. The molecule has 5 heteroatoms. The minimum atomic E-state index is -3.54. The van der Waals surface area contributed by atoms with E-state index in [1.807, 2.05) is 24.3 Å². The van der Waals surface area contributed by atoms with Crippen LogP contribution in [0.1, 0.15) is 22.7 Å². The number of rotatable bonds is 6. The Morgan fingerprint density at radius 3 is 2.14 bits per heavy atom. The van der Waals surface area contributed by atoms with Crippen LogP contribution in [-0.2, 0) is 23.0 Å². The van der Waals surface area contributed by atoms with Crippen LogP contribution < -0.4 is 4.72 Å². The Bertz CT molecular complexity index is 1020. The van der Waals surface area contributed by atoms with E-state index in [1.54, 1.807) is 24.3 Å². The van der Waals surface area contributed by atoms with Crippen LogP contribution in [0.5, 0.6) is 0 Å². The zero-order valence-corrected chi connectivity index (χ0v) is 16.5. The second-order valence-electron chi connectivity index (χ2n) is 7.08. The molecule has 1 N–H and O–H groups in total. The molecule has 4 rings (SSSR count). The Labute approximate surface area is 166 Å². The van der Waals surface area contributed by atoms with Gasteiger partial charge in [-0.2, -0.15) is 0 Å². The van der Waals surface area contributed by atoms with Crippen molar-refractivity contribution < 1.29 is 8.42 Å². The van der Waals surface area contributed by atoms with Gasteiger partial charge in [-0.1, -0.05) is 72.8 Å². The van der Waals surface area contributed by atoms with Gasteiger partial charge in [0.15, 0.2) is 0 Å². The van der Waals surface area contributed by atoms with E-state index < -0.39 is 10.0 Å². The zero-order chi connectivity index (χ0) is 19.4. The Balaban J connectivity index is 1.57. The Morgan fingerprint density at radius 2 is 1.43 bits per heavy atom. The van der Waals surface area contributed by atoms with E-state index in [4.69, 9.17) is 0 Å². The highest BCUT2D eigenvalue weighted by atomic mass is 32.2. The molecule has 1 aliphatic rings. The molecule has 0 bridgehead atoms. The quantitative estimate of drug-likeness (QED) is 0.695. The maximum Gasteiger partial charge on any atom is 0.240 e. The van der Waals surface area contributed by atoms with Gasteiger partial charge in [-0.25, -0.2) is 13.1 Å². The molecule has 3 aromatic carbocycles. The van der Waals surface area contributed by atoms with Gasteiger partial charge in [0, 0.05) is 25.7 Å². The van der Waals surface area contributed by atoms with Gasteiger partial charge in [-0.15, -0.1) is 0 Å². The summed E-state index contributed by atoms with van der Waals surface area (Å²) in [6, 6.07) is 27.2. The van der Waals surface area contributed by atoms with Gasteiger partial charge in [-0.05, 0) is 35.2 Å². The summed E-state index contributed by atoms with van der Waals surface area (Å²) in [5.74, 6) is 0. The average molecular weight is 393 g/mol. The maximum absolute atomic E-state index is 12.7.